The second kappa shape index (κ2) is 132. The summed E-state index contributed by atoms with van der Waals surface area (Å²) in [4.78, 5) is 53.0. The molecule has 0 heterocycles. The fourth-order valence-electron chi connectivity index (χ4n) is 5.83. The summed E-state index contributed by atoms with van der Waals surface area (Å²) in [6.07, 6.45) is -2.22. The Morgan fingerprint density at radius 3 is 0.220 bits per heavy atom. The van der Waals surface area contributed by atoms with Crippen molar-refractivity contribution in [1.29, 1.82) is 0 Å². The second-order valence-corrected chi connectivity index (χ2v) is 36.0. The molecule has 0 bridgehead atoms. The van der Waals surface area contributed by atoms with Gasteiger partial charge in [0.25, 0.3) is 0 Å². The van der Waals surface area contributed by atoms with Crippen LogP contribution in [0.15, 0.2) is 0 Å². The summed E-state index contributed by atoms with van der Waals surface area (Å²) in [5.74, 6) is 0. The summed E-state index contributed by atoms with van der Waals surface area (Å²) in [6, 6.07) is 0. The van der Waals surface area contributed by atoms with E-state index in [9.17, 15) is 0 Å². The van der Waals surface area contributed by atoms with E-state index in [2.05, 4.69) is 68.4 Å². The molecule has 0 aromatic rings. The molecule has 46 heteroatoms. The molecule has 0 saturated carbocycles. The molecule has 0 aliphatic heterocycles. The third kappa shape index (κ3) is 207. The average Bonchev–Trinajstić information content (AvgIpc) is 0.957. The van der Waals surface area contributed by atoms with E-state index in [4.69, 9.17) is 159 Å². The zero-order chi connectivity index (χ0) is 114. The van der Waals surface area contributed by atoms with Crippen LogP contribution in [0.2, 0.25) is 0 Å². The first-order chi connectivity index (χ1) is 65.4. The summed E-state index contributed by atoms with van der Waals surface area (Å²) in [5, 5.41) is 108. The average molecular weight is 2100 g/mol. The predicted molar refractivity (Wildman–Crippen MR) is 539 cm³/mol. The van der Waals surface area contributed by atoms with Gasteiger partial charge in [0.15, 0.2) is 0 Å². The third-order valence-corrected chi connectivity index (χ3v) is 13.6. The van der Waals surface area contributed by atoms with Gasteiger partial charge in [0.1, 0.15) is 6.10 Å². The highest BCUT2D eigenvalue weighted by Gasteiger charge is 2.19. The van der Waals surface area contributed by atoms with Gasteiger partial charge in [-0.25, -0.2) is 68.4 Å². The van der Waals surface area contributed by atoms with Crippen molar-refractivity contribution in [3.63, 3.8) is 0 Å². The zero-order valence-corrected chi connectivity index (χ0v) is 96.2. The van der Waals surface area contributed by atoms with Gasteiger partial charge in [0, 0.05) is 14.2 Å². The largest absolute Gasteiger partial charge is 0.382 e. The summed E-state index contributed by atoms with van der Waals surface area (Å²) in [6.45, 7) is 90.4. The Hall–Kier alpha value is -1.84. The van der Waals surface area contributed by atoms with E-state index in [-0.39, 0.29) is 190 Å². The molecule has 0 spiro atoms. The smallest absolute Gasteiger partial charge is 0.113 e. The van der Waals surface area contributed by atoms with Crippen LogP contribution in [0.4, 0.5) is 0 Å². The summed E-state index contributed by atoms with van der Waals surface area (Å²) in [5.41, 5.74) is 0. The van der Waals surface area contributed by atoms with Crippen LogP contribution in [0.5, 0.6) is 0 Å². The highest BCUT2D eigenvalue weighted by molar-refractivity contribution is 4.64. The van der Waals surface area contributed by atoms with Crippen LogP contribution in [-0.2, 0) is 154 Å². The number of rotatable bonds is 65. The molecule has 0 saturated heterocycles. The predicted octanol–water partition coefficient (Wildman–Crippen LogP) is 19.5. The van der Waals surface area contributed by atoms with Crippen LogP contribution >= 0.6 is 0 Å². The fraction of sp³-hybridized carbons (Fsp3) is 1.00. The molecule has 0 radical (unpaired) electrons. The van der Waals surface area contributed by atoms with Crippen molar-refractivity contribution in [2.24, 2.45) is 0 Å². The molecular weight excluding hydrogens is 1880 g/mol. The Bertz CT molecular complexity index is 1920. The van der Waals surface area contributed by atoms with Crippen LogP contribution in [0.1, 0.15) is 312 Å². The minimum Gasteiger partial charge on any atom is -0.382 e. The molecule has 17 atom stereocenters. The summed E-state index contributed by atoms with van der Waals surface area (Å²) >= 11 is 0. The molecular formula is C95H220O46. The molecule has 876 valence electrons. The maximum absolute atomic E-state index is 8.64. The molecule has 0 fully saturated rings. The van der Waals surface area contributed by atoms with E-state index < -0.39 is 0 Å². The normalized spacial score (nSPS) is 14.7. The quantitative estimate of drug-likeness (QED) is 0.0199. The lowest BCUT2D eigenvalue weighted by Gasteiger charge is -2.24. The van der Waals surface area contributed by atoms with Crippen molar-refractivity contribution in [1.82, 2.24) is 0 Å². The molecule has 46 nitrogen and oxygen atoms in total. The Morgan fingerprint density at radius 1 is 0.106 bits per heavy atom. The van der Waals surface area contributed by atoms with Crippen LogP contribution in [0.3, 0.4) is 0 Å². The molecule has 0 rings (SSSR count). The lowest BCUT2D eigenvalue weighted by molar-refractivity contribution is -0.284. The molecule has 0 amide bonds. The minimum absolute atomic E-state index is 0.0319. The number of ether oxygens (including phenoxy) is 18. The van der Waals surface area contributed by atoms with Gasteiger partial charge in [0.2, 0.25) is 0 Å². The monoisotopic (exact) mass is 2100 g/mol. The van der Waals surface area contributed by atoms with Crippen molar-refractivity contribution in [3.8, 4) is 0 Å². The SMILES string of the molecule is CC(C)OO.CC(C)OO.CC(C)OO.CC(C)OO.CC(C)OO.CC(C)OO.CC(C)OO.CC(C)OO.CC(C)OO.CC(C)OO.CC(C)OO.CC(C)OO.CC(C)OO.COC(C)C.COCC(C)OCC(C)OCC(C)OCC(C)OCC(C)OCC(C)OCC(C)OCC(C)OCC(C)OCC(C)OCC(C)OCC(C)OCC(C)OCC(C)OCC(C)OCC(C)OCC(C)OO. The van der Waals surface area contributed by atoms with E-state index in [0.717, 1.165) is 0 Å². The van der Waals surface area contributed by atoms with E-state index in [0.29, 0.717) is 112 Å². The summed E-state index contributed by atoms with van der Waals surface area (Å²) in [7, 11) is 3.36. The lowest BCUT2D eigenvalue weighted by atomic mass is 10.3. The van der Waals surface area contributed by atoms with Gasteiger partial charge >= 0.3 is 0 Å². The van der Waals surface area contributed by atoms with Gasteiger partial charge in [-0.2, -0.15) is 0 Å². The molecule has 17 unspecified atom stereocenters. The van der Waals surface area contributed by atoms with Crippen molar-refractivity contribution in [2.75, 3.05) is 127 Å². The number of methoxy groups -OCH3 is 2. The fourth-order valence-corrected chi connectivity index (χ4v) is 5.83. The van der Waals surface area contributed by atoms with Gasteiger partial charge in [0.05, 0.1) is 295 Å². The molecule has 0 aliphatic rings. The standard InChI is InChI=1S/C52H106O19.C4H10O.13C3H8O2/c1-36(19-54-18)55-20-37(2)56-21-38(3)57-22-39(4)58-23-40(5)59-24-41(6)60-25-42(7)61-26-43(8)62-27-44(9)63-28-45(10)64-29-46(11)65-30-47(12)66-31-48(13)67-32-49(14)68-33-50(15)69-34-51(16)70-35-52(17)71-53;1-4(2)5-3;13*1-3(2)5-4/h36-53H,19-35H2,1-18H3;4H,1-3H3;13*3-4H,1-2H3. The Morgan fingerprint density at radius 2 is 0.170 bits per heavy atom. The minimum atomic E-state index is -0.388. The van der Waals surface area contributed by atoms with Crippen LogP contribution in [-0.4, -0.2) is 389 Å². The third-order valence-electron chi connectivity index (χ3n) is 13.6. The molecule has 141 heavy (non-hydrogen) atoms. The van der Waals surface area contributed by atoms with Crippen molar-refractivity contribution < 1.29 is 227 Å². The van der Waals surface area contributed by atoms with Gasteiger partial charge in [-0.3, -0.25) is 73.6 Å². The number of hydrogen-bond acceptors (Lipinski definition) is 46. The first kappa shape index (κ1) is 172. The van der Waals surface area contributed by atoms with Crippen LogP contribution < -0.4 is 0 Å². The van der Waals surface area contributed by atoms with Gasteiger partial charge in [-0.05, 0) is 312 Å². The molecule has 0 aromatic carbocycles. The first-order valence-electron chi connectivity index (χ1n) is 48.5. The Labute approximate surface area is 851 Å². The zero-order valence-electron chi connectivity index (χ0n) is 96.2. The molecule has 0 aliphatic carbocycles. The number of hydrogen-bond donors (Lipinski definition) is 14. The van der Waals surface area contributed by atoms with Crippen molar-refractivity contribution in [2.45, 2.75) is 501 Å². The van der Waals surface area contributed by atoms with E-state index in [1.165, 1.54) is 0 Å². The van der Waals surface area contributed by atoms with Crippen molar-refractivity contribution >= 4 is 0 Å². The maximum Gasteiger partial charge on any atom is 0.113 e. The highest BCUT2D eigenvalue weighted by Crippen LogP contribution is 2.11. The Balaban J connectivity index is -0.000000137. The van der Waals surface area contributed by atoms with Crippen LogP contribution in [0.25, 0.3) is 0 Å². The van der Waals surface area contributed by atoms with E-state index in [1.807, 2.05) is 125 Å². The molecule has 0 aromatic heterocycles. The van der Waals surface area contributed by atoms with Crippen LogP contribution in [0, 0.1) is 0 Å². The van der Waals surface area contributed by atoms with Gasteiger partial charge in [-0.1, -0.05) is 0 Å². The van der Waals surface area contributed by atoms with E-state index in [1.54, 1.807) is 201 Å². The lowest BCUT2D eigenvalue weighted by Crippen LogP contribution is -2.31. The maximum atomic E-state index is 8.64. The highest BCUT2D eigenvalue weighted by atomic mass is 17.1. The molecule has 14 N–H and O–H groups in total. The van der Waals surface area contributed by atoms with Gasteiger partial charge < -0.3 is 85.3 Å². The second-order valence-electron chi connectivity index (χ2n) is 36.0. The first-order valence-corrected chi connectivity index (χ1v) is 48.5. The van der Waals surface area contributed by atoms with E-state index >= 15 is 0 Å². The topological polar surface area (TPSA) is 579 Å². The summed E-state index contributed by atoms with van der Waals surface area (Å²) < 4.78 is 104. The Kier molecular flexibility index (Phi) is 162. The van der Waals surface area contributed by atoms with Crippen molar-refractivity contribution in [3.05, 3.63) is 0 Å². The van der Waals surface area contributed by atoms with Gasteiger partial charge in [-0.15, -0.1) is 0 Å².